The third-order valence-electron chi connectivity index (χ3n) is 4.91. The molecule has 10 nitrogen and oxygen atoms in total. The van der Waals surface area contributed by atoms with Gasteiger partial charge in [0.05, 0.1) is 10.0 Å². The van der Waals surface area contributed by atoms with E-state index in [1.54, 1.807) is 30.3 Å². The number of hydrogen-bond acceptors (Lipinski definition) is 8. The maximum atomic E-state index is 12.4. The number of carbonyl (C=O) groups is 2. The summed E-state index contributed by atoms with van der Waals surface area (Å²) >= 11 is 11.9. The number of ether oxygens (including phenoxy) is 2. The number of carbonyl (C=O) groups excluding carboxylic acids is 2. The van der Waals surface area contributed by atoms with Gasteiger partial charge in [0.1, 0.15) is 12.3 Å². The number of benzene rings is 2. The average molecular weight is 488 g/mol. The quantitative estimate of drug-likeness (QED) is 0.581. The number of hydrazone groups is 1. The number of fused-ring (bicyclic) bond motifs is 1. The highest BCUT2D eigenvalue weighted by atomic mass is 35.5. The summed E-state index contributed by atoms with van der Waals surface area (Å²) in [7, 11) is 0. The fourth-order valence-corrected chi connectivity index (χ4v) is 3.58. The first-order valence-electron chi connectivity index (χ1n) is 9.83. The summed E-state index contributed by atoms with van der Waals surface area (Å²) in [5, 5.41) is 12.7. The van der Waals surface area contributed by atoms with Gasteiger partial charge >= 0.3 is 0 Å². The molecule has 2 aliphatic heterocycles. The van der Waals surface area contributed by atoms with Gasteiger partial charge < -0.3 is 19.3 Å². The fraction of sp³-hybridized carbons (Fsp3) is 0.190. The maximum absolute atomic E-state index is 12.4. The van der Waals surface area contributed by atoms with E-state index in [1.807, 2.05) is 0 Å². The van der Waals surface area contributed by atoms with Gasteiger partial charge in [-0.2, -0.15) is 10.1 Å². The van der Waals surface area contributed by atoms with E-state index in [-0.39, 0.29) is 31.6 Å². The maximum Gasteiger partial charge on any atom is 0.274 e. The monoisotopic (exact) mass is 487 g/mol. The van der Waals surface area contributed by atoms with Crippen molar-refractivity contribution in [3.63, 3.8) is 0 Å². The van der Waals surface area contributed by atoms with Crippen LogP contribution in [-0.2, 0) is 9.59 Å². The molecule has 0 saturated heterocycles. The van der Waals surface area contributed by atoms with Gasteiger partial charge in [0.15, 0.2) is 11.5 Å². The van der Waals surface area contributed by atoms with Crippen LogP contribution in [0.1, 0.15) is 18.7 Å². The van der Waals surface area contributed by atoms with Crippen molar-refractivity contribution < 1.29 is 23.6 Å². The zero-order valence-corrected chi connectivity index (χ0v) is 18.4. The minimum absolute atomic E-state index is 0.153. The van der Waals surface area contributed by atoms with Crippen LogP contribution in [0.4, 0.5) is 5.69 Å². The predicted molar refractivity (Wildman–Crippen MR) is 118 cm³/mol. The molecule has 0 saturated carbocycles. The summed E-state index contributed by atoms with van der Waals surface area (Å²) in [6.07, 6.45) is 0.465. The molecule has 33 heavy (non-hydrogen) atoms. The Morgan fingerprint density at radius 3 is 2.76 bits per heavy atom. The average Bonchev–Trinajstić information content (AvgIpc) is 3.47. The van der Waals surface area contributed by atoms with Crippen LogP contribution in [0.25, 0.3) is 11.4 Å². The molecule has 168 valence electrons. The van der Waals surface area contributed by atoms with Crippen molar-refractivity contribution >= 4 is 46.4 Å². The Kier molecular flexibility index (Phi) is 5.61. The number of nitrogens with zero attached hydrogens (tertiary/aromatic N) is 4. The molecule has 0 unspecified atom stereocenters. The van der Waals surface area contributed by atoms with Crippen LogP contribution in [0.15, 0.2) is 46.0 Å². The molecule has 3 heterocycles. The third-order valence-corrected chi connectivity index (χ3v) is 5.64. The minimum atomic E-state index is -0.446. The summed E-state index contributed by atoms with van der Waals surface area (Å²) in [6.45, 7) is -0.124. The first-order valence-corrected chi connectivity index (χ1v) is 10.6. The van der Waals surface area contributed by atoms with Gasteiger partial charge in [-0.25, -0.2) is 5.01 Å². The topological polar surface area (TPSA) is 119 Å². The van der Waals surface area contributed by atoms with Gasteiger partial charge in [0.2, 0.25) is 24.4 Å². The molecule has 2 aliphatic rings. The molecule has 2 amide bonds. The number of nitrogens with one attached hydrogen (secondary N) is 1. The molecule has 0 aliphatic carbocycles. The Bertz CT molecular complexity index is 1290. The fourth-order valence-electron chi connectivity index (χ4n) is 3.28. The van der Waals surface area contributed by atoms with Gasteiger partial charge in [0, 0.05) is 24.1 Å². The summed E-state index contributed by atoms with van der Waals surface area (Å²) in [6, 6.07) is 9.99. The van der Waals surface area contributed by atoms with Crippen LogP contribution in [-0.4, -0.2) is 46.0 Å². The zero-order valence-electron chi connectivity index (χ0n) is 16.9. The third kappa shape index (κ3) is 4.48. The molecule has 1 aromatic heterocycles. The Labute approximate surface area is 197 Å². The van der Waals surface area contributed by atoms with Crippen molar-refractivity contribution in [2.24, 2.45) is 5.10 Å². The molecule has 2 aromatic carbocycles. The van der Waals surface area contributed by atoms with Crippen LogP contribution in [0.5, 0.6) is 11.5 Å². The largest absolute Gasteiger partial charge is 0.454 e. The highest BCUT2D eigenvalue weighted by Crippen LogP contribution is 2.35. The molecular weight excluding hydrogens is 473 g/mol. The van der Waals surface area contributed by atoms with E-state index >= 15 is 0 Å². The second-order valence-corrected chi connectivity index (χ2v) is 7.98. The van der Waals surface area contributed by atoms with Crippen molar-refractivity contribution in [2.45, 2.75) is 12.8 Å². The van der Waals surface area contributed by atoms with E-state index < -0.39 is 5.91 Å². The standard InChI is InChI=1S/C21H15Cl2N5O5/c22-13-3-2-12(8-14(13)23)24-18(29)9-28-19(30)6-4-15(26-28)21-25-20(27-33-21)11-1-5-16-17(7-11)32-10-31-16/h1-3,5,7-8H,4,6,9-10H2,(H,24,29). The highest BCUT2D eigenvalue weighted by molar-refractivity contribution is 6.42. The first kappa shape index (κ1) is 21.2. The summed E-state index contributed by atoms with van der Waals surface area (Å²) < 4.78 is 16.0. The van der Waals surface area contributed by atoms with Crippen LogP contribution in [0, 0.1) is 0 Å². The minimum Gasteiger partial charge on any atom is -0.454 e. The van der Waals surface area contributed by atoms with Crippen molar-refractivity contribution in [1.29, 1.82) is 0 Å². The molecular formula is C21H15Cl2N5O5. The SMILES string of the molecule is O=C(CN1N=C(c2nc(-c3ccc4c(c3)OCO4)no2)CCC1=O)Nc1ccc(Cl)c(Cl)c1. The van der Waals surface area contributed by atoms with Crippen molar-refractivity contribution in [3.05, 3.63) is 52.3 Å². The van der Waals surface area contributed by atoms with Crippen LogP contribution >= 0.6 is 23.2 Å². The smallest absolute Gasteiger partial charge is 0.274 e. The number of halogens is 2. The normalized spacial score (nSPS) is 14.9. The summed E-state index contributed by atoms with van der Waals surface area (Å²) in [5.41, 5.74) is 1.55. The van der Waals surface area contributed by atoms with Gasteiger partial charge in [0.25, 0.3) is 5.89 Å². The van der Waals surface area contributed by atoms with Crippen molar-refractivity contribution in [2.75, 3.05) is 18.7 Å². The molecule has 12 heteroatoms. The van der Waals surface area contributed by atoms with E-state index in [0.29, 0.717) is 50.8 Å². The lowest BCUT2D eigenvalue weighted by Gasteiger charge is -2.21. The molecule has 5 rings (SSSR count). The molecule has 0 bridgehead atoms. The number of aromatic nitrogens is 2. The predicted octanol–water partition coefficient (Wildman–Crippen LogP) is 3.74. The van der Waals surface area contributed by atoms with Gasteiger partial charge in [-0.3, -0.25) is 9.59 Å². The molecule has 0 radical (unpaired) electrons. The number of hydrogen-bond donors (Lipinski definition) is 1. The van der Waals surface area contributed by atoms with Gasteiger partial charge in [-0.15, -0.1) is 0 Å². The van der Waals surface area contributed by atoms with Gasteiger partial charge in [-0.05, 0) is 36.4 Å². The van der Waals surface area contributed by atoms with E-state index in [0.717, 1.165) is 5.01 Å². The van der Waals surface area contributed by atoms with Crippen molar-refractivity contribution in [3.8, 4) is 22.9 Å². The number of amides is 2. The molecule has 0 fully saturated rings. The Morgan fingerprint density at radius 1 is 1.06 bits per heavy atom. The summed E-state index contributed by atoms with van der Waals surface area (Å²) in [5.74, 6) is 1.01. The number of anilines is 1. The Balaban J connectivity index is 1.30. The second kappa shape index (κ2) is 8.72. The van der Waals surface area contributed by atoms with Crippen LogP contribution in [0.2, 0.25) is 10.0 Å². The first-order chi connectivity index (χ1) is 16.0. The highest BCUT2D eigenvalue weighted by Gasteiger charge is 2.27. The van der Waals surface area contributed by atoms with Crippen LogP contribution < -0.4 is 14.8 Å². The second-order valence-electron chi connectivity index (χ2n) is 7.17. The molecule has 0 spiro atoms. The van der Waals surface area contributed by atoms with E-state index in [1.165, 1.54) is 6.07 Å². The summed E-state index contributed by atoms with van der Waals surface area (Å²) in [4.78, 5) is 29.1. The number of rotatable bonds is 5. The molecule has 0 atom stereocenters. The Hall–Kier alpha value is -3.63. The molecule has 1 N–H and O–H groups in total. The van der Waals surface area contributed by atoms with E-state index in [4.69, 9.17) is 37.2 Å². The lowest BCUT2D eigenvalue weighted by atomic mass is 10.1. The van der Waals surface area contributed by atoms with Gasteiger partial charge in [-0.1, -0.05) is 28.4 Å². The molecule has 3 aromatic rings. The zero-order chi connectivity index (χ0) is 22.9. The van der Waals surface area contributed by atoms with Crippen molar-refractivity contribution in [1.82, 2.24) is 15.1 Å². The van der Waals surface area contributed by atoms with E-state index in [9.17, 15) is 9.59 Å². The Morgan fingerprint density at radius 2 is 1.91 bits per heavy atom. The van der Waals surface area contributed by atoms with Crippen LogP contribution in [0.3, 0.4) is 0 Å². The lowest BCUT2D eigenvalue weighted by Crippen LogP contribution is -2.38. The van der Waals surface area contributed by atoms with E-state index in [2.05, 4.69) is 20.6 Å². The lowest BCUT2D eigenvalue weighted by molar-refractivity contribution is -0.135.